The van der Waals surface area contributed by atoms with E-state index in [4.69, 9.17) is 0 Å². The molecule has 2 aromatic carbocycles. The number of hydrogen-bond donors (Lipinski definition) is 0. The molecule has 2 aliphatic heterocycles. The molecule has 0 radical (unpaired) electrons. The Morgan fingerprint density at radius 3 is 2.17 bits per heavy atom. The van der Waals surface area contributed by atoms with Gasteiger partial charge in [0.05, 0.1) is 0 Å². The van der Waals surface area contributed by atoms with Gasteiger partial charge in [-0.3, -0.25) is 9.59 Å². The lowest BCUT2D eigenvalue weighted by atomic mass is 10.0. The highest BCUT2D eigenvalue weighted by atomic mass is 16.2. The molecule has 2 heterocycles. The van der Waals surface area contributed by atoms with Gasteiger partial charge in [0.25, 0.3) is 5.91 Å². The highest BCUT2D eigenvalue weighted by molar-refractivity contribution is 5.95. The fraction of sp³-hybridized carbons (Fsp3) is 0.417. The van der Waals surface area contributed by atoms with Crippen LogP contribution >= 0.6 is 0 Å². The first kappa shape index (κ1) is 19.6. The molecule has 2 fully saturated rings. The maximum atomic E-state index is 13.0. The van der Waals surface area contributed by atoms with Crippen molar-refractivity contribution in [2.45, 2.75) is 19.3 Å². The van der Waals surface area contributed by atoms with E-state index in [1.54, 1.807) is 0 Å². The second-order valence-corrected chi connectivity index (χ2v) is 7.92. The highest BCUT2D eigenvalue weighted by Gasteiger charge is 2.25. The van der Waals surface area contributed by atoms with E-state index in [2.05, 4.69) is 17.0 Å². The van der Waals surface area contributed by atoms with Crippen molar-refractivity contribution in [2.75, 3.05) is 45.8 Å². The second-order valence-electron chi connectivity index (χ2n) is 7.92. The maximum absolute atomic E-state index is 13.0. The van der Waals surface area contributed by atoms with Crippen molar-refractivity contribution in [2.24, 2.45) is 0 Å². The monoisotopic (exact) mass is 391 g/mol. The number of carbonyl (C=O) groups is 2. The molecule has 0 spiro atoms. The predicted molar refractivity (Wildman–Crippen MR) is 115 cm³/mol. The summed E-state index contributed by atoms with van der Waals surface area (Å²) in [6.07, 6.45) is 2.94. The summed E-state index contributed by atoms with van der Waals surface area (Å²) in [7, 11) is 0. The number of hydrogen-bond acceptors (Lipinski definition) is 3. The molecule has 5 nitrogen and oxygen atoms in total. The Balaban J connectivity index is 1.35. The molecule has 0 saturated carbocycles. The predicted octanol–water partition coefficient (Wildman–Crippen LogP) is 3.12. The fourth-order valence-corrected chi connectivity index (χ4v) is 4.19. The number of nitrogens with zero attached hydrogens (tertiary/aromatic N) is 3. The summed E-state index contributed by atoms with van der Waals surface area (Å²) in [5, 5.41) is 0. The molecule has 0 atom stereocenters. The number of rotatable bonds is 5. The van der Waals surface area contributed by atoms with Gasteiger partial charge in [-0.1, -0.05) is 42.5 Å². The molecule has 152 valence electrons. The van der Waals surface area contributed by atoms with Crippen LogP contribution in [-0.2, 0) is 4.79 Å². The number of benzene rings is 2. The van der Waals surface area contributed by atoms with Crippen LogP contribution in [0.3, 0.4) is 0 Å². The highest BCUT2D eigenvalue weighted by Crippen LogP contribution is 2.20. The van der Waals surface area contributed by atoms with Gasteiger partial charge in [0.1, 0.15) is 0 Å². The van der Waals surface area contributed by atoms with Crippen molar-refractivity contribution < 1.29 is 9.59 Å². The standard InChI is InChI=1S/C24H29N3O2/c28-23-12-15-27(19-18-26(23)17-16-25-13-4-5-14-25)24(29)22-10-8-21(9-11-22)20-6-2-1-3-7-20/h1-3,6-11H,4-5,12-19H2. The van der Waals surface area contributed by atoms with Gasteiger partial charge in [0, 0.05) is 44.7 Å². The Bertz CT molecular complexity index is 829. The quantitative estimate of drug-likeness (QED) is 0.787. The van der Waals surface area contributed by atoms with Crippen LogP contribution in [0.5, 0.6) is 0 Å². The van der Waals surface area contributed by atoms with Crippen molar-refractivity contribution in [3.8, 4) is 11.1 Å². The largest absolute Gasteiger partial charge is 0.340 e. The smallest absolute Gasteiger partial charge is 0.253 e. The van der Waals surface area contributed by atoms with E-state index < -0.39 is 0 Å². The number of carbonyl (C=O) groups excluding carboxylic acids is 2. The van der Waals surface area contributed by atoms with Gasteiger partial charge in [-0.15, -0.1) is 0 Å². The Kier molecular flexibility index (Phi) is 6.25. The summed E-state index contributed by atoms with van der Waals surface area (Å²) >= 11 is 0. The molecule has 29 heavy (non-hydrogen) atoms. The molecule has 5 heteroatoms. The van der Waals surface area contributed by atoms with Crippen LogP contribution in [-0.4, -0.2) is 72.3 Å². The van der Waals surface area contributed by atoms with Gasteiger partial charge in [-0.2, -0.15) is 0 Å². The average molecular weight is 392 g/mol. The molecule has 4 rings (SSSR count). The summed E-state index contributed by atoms with van der Waals surface area (Å²) in [6.45, 7) is 5.73. The van der Waals surface area contributed by atoms with Crippen molar-refractivity contribution >= 4 is 11.8 Å². The maximum Gasteiger partial charge on any atom is 0.253 e. The van der Waals surface area contributed by atoms with Crippen LogP contribution < -0.4 is 0 Å². The first-order valence-corrected chi connectivity index (χ1v) is 10.7. The molecule has 0 unspecified atom stereocenters. The zero-order valence-corrected chi connectivity index (χ0v) is 16.9. The van der Waals surface area contributed by atoms with Crippen molar-refractivity contribution in [3.63, 3.8) is 0 Å². The summed E-state index contributed by atoms with van der Waals surface area (Å²) in [4.78, 5) is 31.6. The number of amides is 2. The van der Waals surface area contributed by atoms with Gasteiger partial charge in [-0.25, -0.2) is 0 Å². The summed E-state index contributed by atoms with van der Waals surface area (Å²) < 4.78 is 0. The SMILES string of the molecule is O=C1CCN(C(=O)c2ccc(-c3ccccc3)cc2)CCN1CCN1CCCC1. The van der Waals surface area contributed by atoms with Gasteiger partial charge in [-0.05, 0) is 49.2 Å². The summed E-state index contributed by atoms with van der Waals surface area (Å²) in [5.41, 5.74) is 2.92. The minimum absolute atomic E-state index is 0.0128. The first-order valence-electron chi connectivity index (χ1n) is 10.7. The van der Waals surface area contributed by atoms with Crippen molar-refractivity contribution in [1.82, 2.24) is 14.7 Å². The summed E-state index contributed by atoms with van der Waals surface area (Å²) in [5.74, 6) is 0.178. The van der Waals surface area contributed by atoms with Gasteiger partial charge >= 0.3 is 0 Å². The summed E-state index contributed by atoms with van der Waals surface area (Å²) in [6, 6.07) is 17.9. The van der Waals surface area contributed by atoms with E-state index in [-0.39, 0.29) is 11.8 Å². The second kappa shape index (κ2) is 9.23. The number of likely N-dealkylation sites (tertiary alicyclic amines) is 1. The zero-order chi connectivity index (χ0) is 20.1. The van der Waals surface area contributed by atoms with Gasteiger partial charge in [0.15, 0.2) is 0 Å². The Labute approximate surface area is 172 Å². The van der Waals surface area contributed by atoms with E-state index in [9.17, 15) is 9.59 Å². The van der Waals surface area contributed by atoms with Crippen molar-refractivity contribution in [1.29, 1.82) is 0 Å². The van der Waals surface area contributed by atoms with E-state index in [1.807, 2.05) is 52.3 Å². The molecule has 0 bridgehead atoms. The van der Waals surface area contributed by atoms with E-state index in [0.717, 1.165) is 37.3 Å². The third kappa shape index (κ3) is 4.85. The van der Waals surface area contributed by atoms with E-state index in [1.165, 1.54) is 12.8 Å². The molecular weight excluding hydrogens is 362 g/mol. The molecule has 2 saturated heterocycles. The molecule has 0 aromatic heterocycles. The van der Waals surface area contributed by atoms with Crippen LogP contribution in [0.1, 0.15) is 29.6 Å². The normalized spacial score (nSPS) is 18.1. The lowest BCUT2D eigenvalue weighted by Gasteiger charge is -2.24. The molecule has 0 N–H and O–H groups in total. The van der Waals surface area contributed by atoms with Crippen LogP contribution in [0.4, 0.5) is 0 Å². The molecule has 2 aliphatic rings. The molecule has 2 aromatic rings. The Morgan fingerprint density at radius 1 is 0.759 bits per heavy atom. The minimum Gasteiger partial charge on any atom is -0.340 e. The molecule has 0 aliphatic carbocycles. The Morgan fingerprint density at radius 2 is 1.45 bits per heavy atom. The van der Waals surface area contributed by atoms with E-state index in [0.29, 0.717) is 31.6 Å². The van der Waals surface area contributed by atoms with Crippen molar-refractivity contribution in [3.05, 3.63) is 60.2 Å². The van der Waals surface area contributed by atoms with Crippen LogP contribution in [0.15, 0.2) is 54.6 Å². The lowest BCUT2D eigenvalue weighted by Crippen LogP contribution is -2.39. The fourth-order valence-electron chi connectivity index (χ4n) is 4.19. The van der Waals surface area contributed by atoms with Crippen LogP contribution in [0.25, 0.3) is 11.1 Å². The minimum atomic E-state index is 0.0128. The van der Waals surface area contributed by atoms with Gasteiger partial charge in [0.2, 0.25) is 5.91 Å². The molecular formula is C24H29N3O2. The third-order valence-electron chi connectivity index (χ3n) is 6.00. The zero-order valence-electron chi connectivity index (χ0n) is 16.9. The van der Waals surface area contributed by atoms with Gasteiger partial charge < -0.3 is 14.7 Å². The topological polar surface area (TPSA) is 43.9 Å². The first-order chi connectivity index (χ1) is 14.2. The van der Waals surface area contributed by atoms with E-state index >= 15 is 0 Å². The third-order valence-corrected chi connectivity index (χ3v) is 6.00. The molecule has 2 amide bonds. The average Bonchev–Trinajstić information content (AvgIpc) is 3.22. The van der Waals surface area contributed by atoms with Crippen LogP contribution in [0, 0.1) is 0 Å². The van der Waals surface area contributed by atoms with Crippen LogP contribution in [0.2, 0.25) is 0 Å². The Hall–Kier alpha value is -2.66. The lowest BCUT2D eigenvalue weighted by molar-refractivity contribution is -0.130.